The maximum absolute atomic E-state index is 11.9. The van der Waals surface area contributed by atoms with Gasteiger partial charge in [0, 0.05) is 37.5 Å². The summed E-state index contributed by atoms with van der Waals surface area (Å²) in [6.45, 7) is 4.21. The van der Waals surface area contributed by atoms with Crippen molar-refractivity contribution in [3.63, 3.8) is 0 Å². The van der Waals surface area contributed by atoms with Gasteiger partial charge >= 0.3 is 0 Å². The maximum atomic E-state index is 11.9. The zero-order chi connectivity index (χ0) is 13.8. The van der Waals surface area contributed by atoms with Crippen LogP contribution >= 0.6 is 0 Å². The van der Waals surface area contributed by atoms with Gasteiger partial charge in [0.05, 0.1) is 0 Å². The van der Waals surface area contributed by atoms with E-state index in [0.717, 1.165) is 38.8 Å². The Kier molecular flexibility index (Phi) is 4.80. The molecule has 0 aromatic heterocycles. The van der Waals surface area contributed by atoms with Crippen LogP contribution in [-0.2, 0) is 9.59 Å². The molecule has 1 unspecified atom stereocenters. The van der Waals surface area contributed by atoms with Gasteiger partial charge in [-0.3, -0.25) is 9.59 Å². The summed E-state index contributed by atoms with van der Waals surface area (Å²) < 4.78 is 0. The van der Waals surface area contributed by atoms with Crippen LogP contribution in [0, 0.1) is 11.8 Å². The lowest BCUT2D eigenvalue weighted by Gasteiger charge is -2.33. The second kappa shape index (κ2) is 6.37. The molecule has 1 aliphatic heterocycles. The molecule has 0 aromatic carbocycles. The first kappa shape index (κ1) is 14.3. The first-order valence-electron chi connectivity index (χ1n) is 7.35. The Morgan fingerprint density at radius 3 is 2.37 bits per heavy atom. The fraction of sp³-hybridized carbons (Fsp3) is 0.857. The van der Waals surface area contributed by atoms with E-state index in [2.05, 4.69) is 10.6 Å². The number of amides is 2. The third-order valence-corrected chi connectivity index (χ3v) is 4.04. The lowest BCUT2D eigenvalue weighted by atomic mass is 10.0. The minimum Gasteiger partial charge on any atom is -0.353 e. The number of carbonyl (C=O) groups is 2. The Labute approximate surface area is 115 Å². The molecule has 1 heterocycles. The maximum Gasteiger partial charge on any atom is 0.225 e. The molecule has 1 saturated heterocycles. The lowest BCUT2D eigenvalue weighted by molar-refractivity contribution is -0.133. The smallest absolute Gasteiger partial charge is 0.225 e. The van der Waals surface area contributed by atoms with Gasteiger partial charge in [0.15, 0.2) is 0 Å². The summed E-state index contributed by atoms with van der Waals surface area (Å²) in [6, 6.07) is 0.232. The standard InChI is InChI=1S/C14H25N3O2/c1-10(9-15-2)13(18)16-12-5-7-17(8-6-12)14(19)11-3-4-11/h10-12,15H,3-9H2,1-2H3,(H,16,18). The van der Waals surface area contributed by atoms with E-state index in [1.165, 1.54) is 0 Å². The van der Waals surface area contributed by atoms with E-state index in [1.54, 1.807) is 0 Å². The monoisotopic (exact) mass is 267 g/mol. The topological polar surface area (TPSA) is 61.4 Å². The zero-order valence-corrected chi connectivity index (χ0v) is 11.9. The minimum absolute atomic E-state index is 0.00359. The second-order valence-electron chi connectivity index (χ2n) is 5.84. The number of carbonyl (C=O) groups excluding carboxylic acids is 2. The van der Waals surface area contributed by atoms with E-state index < -0.39 is 0 Å². The van der Waals surface area contributed by atoms with E-state index in [4.69, 9.17) is 0 Å². The van der Waals surface area contributed by atoms with Crippen molar-refractivity contribution < 1.29 is 9.59 Å². The zero-order valence-electron chi connectivity index (χ0n) is 11.9. The highest BCUT2D eigenvalue weighted by molar-refractivity contribution is 5.81. The van der Waals surface area contributed by atoms with Crippen LogP contribution in [0.15, 0.2) is 0 Å². The average molecular weight is 267 g/mol. The summed E-state index contributed by atoms with van der Waals surface area (Å²) in [7, 11) is 1.85. The number of hydrogen-bond acceptors (Lipinski definition) is 3. The molecule has 5 heteroatoms. The van der Waals surface area contributed by atoms with E-state index >= 15 is 0 Å². The number of piperidine rings is 1. The highest BCUT2D eigenvalue weighted by atomic mass is 16.2. The molecule has 1 aliphatic carbocycles. The van der Waals surface area contributed by atoms with Crippen LogP contribution < -0.4 is 10.6 Å². The number of nitrogens with zero attached hydrogens (tertiary/aromatic N) is 1. The molecule has 2 amide bonds. The van der Waals surface area contributed by atoms with Gasteiger partial charge in [-0.05, 0) is 32.7 Å². The van der Waals surface area contributed by atoms with Crippen LogP contribution in [0.2, 0.25) is 0 Å². The fourth-order valence-corrected chi connectivity index (χ4v) is 2.58. The second-order valence-corrected chi connectivity index (χ2v) is 5.84. The average Bonchev–Trinajstić information content (AvgIpc) is 3.23. The van der Waals surface area contributed by atoms with Gasteiger partial charge in [0.1, 0.15) is 0 Å². The molecule has 2 N–H and O–H groups in total. The van der Waals surface area contributed by atoms with Crippen LogP contribution in [0.1, 0.15) is 32.6 Å². The molecular formula is C14H25N3O2. The molecule has 108 valence electrons. The van der Waals surface area contributed by atoms with Crippen molar-refractivity contribution in [2.24, 2.45) is 11.8 Å². The Bertz CT molecular complexity index is 334. The van der Waals surface area contributed by atoms with Gasteiger partial charge in [-0.1, -0.05) is 6.92 Å². The molecule has 0 bridgehead atoms. The largest absolute Gasteiger partial charge is 0.353 e. The molecule has 2 aliphatic rings. The molecule has 0 radical (unpaired) electrons. The fourth-order valence-electron chi connectivity index (χ4n) is 2.58. The van der Waals surface area contributed by atoms with Crippen molar-refractivity contribution in [1.82, 2.24) is 15.5 Å². The normalized spacial score (nSPS) is 22.1. The van der Waals surface area contributed by atoms with Gasteiger partial charge in [0.2, 0.25) is 11.8 Å². The van der Waals surface area contributed by atoms with Gasteiger partial charge < -0.3 is 15.5 Å². The van der Waals surface area contributed by atoms with Crippen molar-refractivity contribution in [3.8, 4) is 0 Å². The Hall–Kier alpha value is -1.10. The predicted octanol–water partition coefficient (Wildman–Crippen LogP) is 0.359. The third-order valence-electron chi connectivity index (χ3n) is 4.04. The quantitative estimate of drug-likeness (QED) is 0.756. The summed E-state index contributed by atoms with van der Waals surface area (Å²) in [5.74, 6) is 0.743. The molecule has 0 aromatic rings. The van der Waals surface area contributed by atoms with Crippen LogP contribution in [0.4, 0.5) is 0 Å². The Balaban J connectivity index is 1.70. The Morgan fingerprint density at radius 1 is 1.21 bits per heavy atom. The molecule has 2 fully saturated rings. The van der Waals surface area contributed by atoms with Crippen molar-refractivity contribution in [2.45, 2.75) is 38.6 Å². The third kappa shape index (κ3) is 3.93. The molecule has 2 rings (SSSR count). The van der Waals surface area contributed by atoms with E-state index in [9.17, 15) is 9.59 Å². The molecule has 1 atom stereocenters. The first-order chi connectivity index (χ1) is 9.11. The minimum atomic E-state index is -0.00359. The van der Waals surface area contributed by atoms with Crippen LogP contribution in [0.25, 0.3) is 0 Å². The summed E-state index contributed by atoms with van der Waals surface area (Å²) >= 11 is 0. The number of hydrogen-bond donors (Lipinski definition) is 2. The molecule has 0 spiro atoms. The van der Waals surface area contributed by atoms with Crippen molar-refractivity contribution in [3.05, 3.63) is 0 Å². The molecule has 1 saturated carbocycles. The first-order valence-corrected chi connectivity index (χ1v) is 7.35. The summed E-state index contributed by atoms with van der Waals surface area (Å²) in [4.78, 5) is 25.8. The van der Waals surface area contributed by atoms with E-state index in [1.807, 2.05) is 18.9 Å². The number of likely N-dealkylation sites (tertiary alicyclic amines) is 1. The molecule has 5 nitrogen and oxygen atoms in total. The van der Waals surface area contributed by atoms with Crippen molar-refractivity contribution >= 4 is 11.8 Å². The van der Waals surface area contributed by atoms with Gasteiger partial charge in [0.25, 0.3) is 0 Å². The SMILES string of the molecule is CNCC(C)C(=O)NC1CCN(C(=O)C2CC2)CC1. The van der Waals surface area contributed by atoms with Crippen LogP contribution in [-0.4, -0.2) is 49.4 Å². The lowest BCUT2D eigenvalue weighted by Crippen LogP contribution is -2.48. The summed E-state index contributed by atoms with van der Waals surface area (Å²) in [6.07, 6.45) is 3.90. The van der Waals surface area contributed by atoms with E-state index in [-0.39, 0.29) is 17.9 Å². The van der Waals surface area contributed by atoms with Crippen LogP contribution in [0.5, 0.6) is 0 Å². The number of nitrogens with one attached hydrogen (secondary N) is 2. The van der Waals surface area contributed by atoms with Crippen molar-refractivity contribution in [2.75, 3.05) is 26.7 Å². The van der Waals surface area contributed by atoms with Gasteiger partial charge in [-0.25, -0.2) is 0 Å². The number of rotatable bonds is 5. The molecule has 19 heavy (non-hydrogen) atoms. The Morgan fingerprint density at radius 2 is 1.84 bits per heavy atom. The van der Waals surface area contributed by atoms with E-state index in [0.29, 0.717) is 18.4 Å². The molecular weight excluding hydrogens is 242 g/mol. The van der Waals surface area contributed by atoms with Crippen LogP contribution in [0.3, 0.4) is 0 Å². The predicted molar refractivity (Wildman–Crippen MR) is 73.6 cm³/mol. The summed E-state index contributed by atoms with van der Waals surface area (Å²) in [5.41, 5.74) is 0. The highest BCUT2D eigenvalue weighted by Gasteiger charge is 2.35. The van der Waals surface area contributed by atoms with Crippen molar-refractivity contribution in [1.29, 1.82) is 0 Å². The summed E-state index contributed by atoms with van der Waals surface area (Å²) in [5, 5.41) is 6.10. The van der Waals surface area contributed by atoms with Gasteiger partial charge in [-0.2, -0.15) is 0 Å². The highest BCUT2D eigenvalue weighted by Crippen LogP contribution is 2.31. The van der Waals surface area contributed by atoms with Gasteiger partial charge in [-0.15, -0.1) is 0 Å².